The van der Waals surface area contributed by atoms with E-state index in [2.05, 4.69) is 0 Å². The highest BCUT2D eigenvalue weighted by Gasteiger charge is 2.12. The van der Waals surface area contributed by atoms with Crippen LogP contribution in [0, 0.1) is 0 Å². The Morgan fingerprint density at radius 2 is 2.08 bits per heavy atom. The Labute approximate surface area is 143 Å². The molecule has 3 aromatic rings. The Hall–Kier alpha value is -2.53. The summed E-state index contributed by atoms with van der Waals surface area (Å²) in [7, 11) is 0. The molecule has 0 bridgehead atoms. The zero-order chi connectivity index (χ0) is 17.1. The average Bonchev–Trinajstić information content (AvgIpc) is 2.97. The molecule has 0 aliphatic heterocycles. The Kier molecular flexibility index (Phi) is 4.71. The summed E-state index contributed by atoms with van der Waals surface area (Å²) in [4.78, 5) is 11.3. The largest absolute Gasteiger partial charge is 0.491 e. The monoisotopic (exact) mass is 347 g/mol. The predicted molar refractivity (Wildman–Crippen MR) is 90.9 cm³/mol. The maximum Gasteiger partial charge on any atom is 0.336 e. The molecule has 124 valence electrons. The van der Waals surface area contributed by atoms with E-state index < -0.39 is 12.6 Å². The summed E-state index contributed by atoms with van der Waals surface area (Å²) in [6.07, 6.45) is 1.82. The lowest BCUT2D eigenvalue weighted by Gasteiger charge is -2.13. The third-order valence-corrected chi connectivity index (χ3v) is 3.98. The second kappa shape index (κ2) is 6.93. The van der Waals surface area contributed by atoms with Gasteiger partial charge >= 0.3 is 5.97 Å². The number of aromatic nitrogens is 1. The van der Waals surface area contributed by atoms with Gasteiger partial charge in [0.25, 0.3) is 0 Å². The van der Waals surface area contributed by atoms with E-state index >= 15 is 0 Å². The molecular formula is C18H15ClFNO3. The van der Waals surface area contributed by atoms with E-state index in [-0.39, 0.29) is 12.2 Å². The van der Waals surface area contributed by atoms with E-state index in [9.17, 15) is 14.3 Å². The maximum atomic E-state index is 12.4. The standard InChI is InChI=1S/C18H15ClFNO3/c19-13-4-5-17(24-9-7-20)12(10-13)11-21-8-6-14-15(18(22)23)2-1-3-16(14)21/h1-6,8,10H,7,9,11H2,(H,22,23). The lowest BCUT2D eigenvalue weighted by molar-refractivity contribution is 0.0699. The van der Waals surface area contributed by atoms with E-state index in [4.69, 9.17) is 16.3 Å². The number of carbonyl (C=O) groups is 1. The van der Waals surface area contributed by atoms with Crippen LogP contribution in [0.4, 0.5) is 4.39 Å². The molecule has 0 radical (unpaired) electrons. The van der Waals surface area contributed by atoms with Gasteiger partial charge in [0, 0.05) is 27.7 Å². The SMILES string of the molecule is O=C(O)c1cccc2c1ccn2Cc1cc(Cl)ccc1OCCF. The first-order chi connectivity index (χ1) is 11.6. The smallest absolute Gasteiger partial charge is 0.336 e. The molecule has 0 aliphatic carbocycles. The van der Waals surface area contributed by atoms with Crippen LogP contribution >= 0.6 is 11.6 Å². The highest BCUT2D eigenvalue weighted by atomic mass is 35.5. The van der Waals surface area contributed by atoms with Crippen LogP contribution in [0.1, 0.15) is 15.9 Å². The fraction of sp³-hybridized carbons (Fsp3) is 0.167. The summed E-state index contributed by atoms with van der Waals surface area (Å²) in [6.45, 7) is -0.157. The maximum absolute atomic E-state index is 12.4. The number of hydrogen-bond donors (Lipinski definition) is 1. The van der Waals surface area contributed by atoms with Crippen LogP contribution in [0.3, 0.4) is 0 Å². The van der Waals surface area contributed by atoms with Crippen molar-refractivity contribution in [3.63, 3.8) is 0 Å². The zero-order valence-corrected chi connectivity index (χ0v) is 13.5. The molecular weight excluding hydrogens is 333 g/mol. The molecule has 1 heterocycles. The number of carboxylic acid groups (broad SMARTS) is 1. The molecule has 2 aromatic carbocycles. The number of hydrogen-bond acceptors (Lipinski definition) is 2. The van der Waals surface area contributed by atoms with Crippen LogP contribution in [-0.4, -0.2) is 28.9 Å². The summed E-state index contributed by atoms with van der Waals surface area (Å²) < 4.78 is 19.7. The second-order valence-corrected chi connectivity index (χ2v) is 5.71. The molecule has 0 spiro atoms. The second-order valence-electron chi connectivity index (χ2n) is 5.28. The Morgan fingerprint density at radius 1 is 1.25 bits per heavy atom. The number of aromatic carboxylic acids is 1. The van der Waals surface area contributed by atoms with Crippen LogP contribution in [0.25, 0.3) is 10.9 Å². The van der Waals surface area contributed by atoms with Gasteiger partial charge in [-0.3, -0.25) is 0 Å². The highest BCUT2D eigenvalue weighted by molar-refractivity contribution is 6.30. The molecule has 0 aliphatic rings. The van der Waals surface area contributed by atoms with Crippen molar-refractivity contribution in [2.45, 2.75) is 6.54 Å². The van der Waals surface area contributed by atoms with Gasteiger partial charge in [-0.15, -0.1) is 0 Å². The van der Waals surface area contributed by atoms with Crippen molar-refractivity contribution in [3.8, 4) is 5.75 Å². The number of fused-ring (bicyclic) bond motifs is 1. The molecule has 1 N–H and O–H groups in total. The quantitative estimate of drug-likeness (QED) is 0.719. The van der Waals surface area contributed by atoms with E-state index in [1.807, 2.05) is 16.8 Å². The van der Waals surface area contributed by atoms with Crippen molar-refractivity contribution < 1.29 is 19.0 Å². The number of nitrogens with zero attached hydrogens (tertiary/aromatic N) is 1. The fourth-order valence-corrected chi connectivity index (χ4v) is 2.89. The molecule has 0 saturated carbocycles. The molecule has 0 unspecified atom stereocenters. The number of alkyl halides is 1. The average molecular weight is 348 g/mol. The molecule has 3 rings (SSSR count). The molecule has 1 aromatic heterocycles. The summed E-state index contributed by atoms with van der Waals surface area (Å²) in [5.74, 6) is -0.402. The minimum absolute atomic E-state index is 0.0236. The molecule has 0 amide bonds. The topological polar surface area (TPSA) is 51.5 Å². The summed E-state index contributed by atoms with van der Waals surface area (Å²) in [5.41, 5.74) is 1.85. The Bertz CT molecular complexity index is 891. The van der Waals surface area contributed by atoms with Crippen LogP contribution in [0.15, 0.2) is 48.7 Å². The Morgan fingerprint density at radius 3 is 2.83 bits per heavy atom. The number of halogens is 2. The van der Waals surface area contributed by atoms with Crippen LogP contribution in [0.5, 0.6) is 5.75 Å². The molecule has 0 fully saturated rings. The third kappa shape index (κ3) is 3.21. The first-order valence-corrected chi connectivity index (χ1v) is 7.76. The van der Waals surface area contributed by atoms with Crippen molar-refractivity contribution in [1.29, 1.82) is 0 Å². The van der Waals surface area contributed by atoms with Gasteiger partial charge < -0.3 is 14.4 Å². The van der Waals surface area contributed by atoms with Gasteiger partial charge in [-0.1, -0.05) is 17.7 Å². The van der Waals surface area contributed by atoms with Crippen LogP contribution in [0.2, 0.25) is 5.02 Å². The van der Waals surface area contributed by atoms with Crippen LogP contribution in [-0.2, 0) is 6.54 Å². The summed E-state index contributed by atoms with van der Waals surface area (Å²) in [6, 6.07) is 12.1. The zero-order valence-electron chi connectivity index (χ0n) is 12.7. The number of ether oxygens (including phenoxy) is 1. The van der Waals surface area contributed by atoms with E-state index in [1.54, 1.807) is 36.4 Å². The van der Waals surface area contributed by atoms with E-state index in [0.717, 1.165) is 11.1 Å². The highest BCUT2D eigenvalue weighted by Crippen LogP contribution is 2.27. The first kappa shape index (κ1) is 16.3. The first-order valence-electron chi connectivity index (χ1n) is 7.38. The summed E-state index contributed by atoms with van der Waals surface area (Å²) in [5, 5.41) is 10.5. The van der Waals surface area contributed by atoms with E-state index in [1.165, 1.54) is 0 Å². The lowest BCUT2D eigenvalue weighted by atomic mass is 10.1. The van der Waals surface area contributed by atoms with Gasteiger partial charge in [0.05, 0.1) is 12.1 Å². The number of rotatable bonds is 6. The fourth-order valence-electron chi connectivity index (χ4n) is 2.69. The predicted octanol–water partition coefficient (Wildman–Crippen LogP) is 4.39. The molecule has 0 saturated heterocycles. The molecule has 24 heavy (non-hydrogen) atoms. The van der Waals surface area contributed by atoms with Gasteiger partial charge in [0.15, 0.2) is 0 Å². The van der Waals surface area contributed by atoms with Gasteiger partial charge in [-0.25, -0.2) is 9.18 Å². The normalized spacial score (nSPS) is 10.9. The van der Waals surface area contributed by atoms with Gasteiger partial charge in [-0.2, -0.15) is 0 Å². The van der Waals surface area contributed by atoms with Gasteiger partial charge in [0.2, 0.25) is 0 Å². The van der Waals surface area contributed by atoms with E-state index in [0.29, 0.717) is 22.7 Å². The van der Waals surface area contributed by atoms with Crippen molar-refractivity contribution in [1.82, 2.24) is 4.57 Å². The minimum atomic E-state index is -0.965. The molecule has 6 heteroatoms. The molecule has 0 atom stereocenters. The number of benzene rings is 2. The van der Waals surface area contributed by atoms with Crippen molar-refractivity contribution >= 4 is 28.5 Å². The number of carboxylic acids is 1. The summed E-state index contributed by atoms with van der Waals surface area (Å²) >= 11 is 6.06. The van der Waals surface area contributed by atoms with Crippen molar-refractivity contribution in [2.75, 3.05) is 13.3 Å². The van der Waals surface area contributed by atoms with Crippen LogP contribution < -0.4 is 4.74 Å². The third-order valence-electron chi connectivity index (χ3n) is 3.74. The van der Waals surface area contributed by atoms with Gasteiger partial charge in [0.1, 0.15) is 19.0 Å². The van der Waals surface area contributed by atoms with Crippen molar-refractivity contribution in [2.24, 2.45) is 0 Å². The minimum Gasteiger partial charge on any atom is -0.491 e. The lowest BCUT2D eigenvalue weighted by Crippen LogP contribution is -2.05. The van der Waals surface area contributed by atoms with Crippen molar-refractivity contribution in [3.05, 3.63) is 64.8 Å². The Balaban J connectivity index is 2.00. The van der Waals surface area contributed by atoms with Gasteiger partial charge in [-0.05, 0) is 36.4 Å². The molecule has 4 nitrogen and oxygen atoms in total.